The number of carbonyl (C=O) groups excluding carboxylic acids is 2. The molecule has 0 bridgehead atoms. The van der Waals surface area contributed by atoms with Gasteiger partial charge in [0.1, 0.15) is 0 Å². The molecular weight excluding hydrogens is 302 g/mol. The van der Waals surface area contributed by atoms with Crippen LogP contribution in [0.5, 0.6) is 0 Å². The van der Waals surface area contributed by atoms with Gasteiger partial charge in [-0.25, -0.2) is 0 Å². The lowest BCUT2D eigenvalue weighted by atomic mass is 9.96. The first kappa shape index (κ1) is 15.6. The second-order valence-electron chi connectivity index (χ2n) is 5.42. The average Bonchev–Trinajstić information content (AvgIpc) is 2.62. The van der Waals surface area contributed by atoms with Crippen molar-refractivity contribution in [3.63, 3.8) is 0 Å². The van der Waals surface area contributed by atoms with Crippen LogP contribution in [0.4, 0.5) is 0 Å². The summed E-state index contributed by atoms with van der Waals surface area (Å²) < 4.78 is 0. The molecule has 4 heteroatoms. The van der Waals surface area contributed by atoms with Crippen LogP contribution in [0.2, 0.25) is 0 Å². The van der Waals surface area contributed by atoms with Gasteiger partial charge in [-0.3, -0.25) is 14.4 Å². The normalized spacial score (nSPS) is 10.4. The van der Waals surface area contributed by atoms with Gasteiger partial charge in [0, 0.05) is 11.1 Å². The van der Waals surface area contributed by atoms with Gasteiger partial charge >= 0.3 is 0 Å². The number of aromatic amines is 1. The first-order valence-corrected chi connectivity index (χ1v) is 7.51. The molecule has 0 atom stereocenters. The Bertz CT molecular complexity index is 957. The fourth-order valence-corrected chi connectivity index (χ4v) is 2.55. The van der Waals surface area contributed by atoms with E-state index in [1.807, 2.05) is 24.3 Å². The average molecular weight is 317 g/mol. The van der Waals surface area contributed by atoms with Crippen LogP contribution in [0.3, 0.4) is 0 Å². The third-order valence-electron chi connectivity index (χ3n) is 3.76. The van der Waals surface area contributed by atoms with Gasteiger partial charge in [-0.05, 0) is 18.6 Å². The van der Waals surface area contributed by atoms with Crippen LogP contribution in [0.15, 0.2) is 71.5 Å². The highest BCUT2D eigenvalue weighted by Crippen LogP contribution is 2.23. The van der Waals surface area contributed by atoms with E-state index in [0.717, 1.165) is 0 Å². The third-order valence-corrected chi connectivity index (χ3v) is 3.76. The lowest BCUT2D eigenvalue weighted by Gasteiger charge is -2.10. The zero-order chi connectivity index (χ0) is 17.1. The first-order valence-electron chi connectivity index (χ1n) is 7.51. The van der Waals surface area contributed by atoms with Crippen molar-refractivity contribution in [2.45, 2.75) is 6.92 Å². The zero-order valence-electron chi connectivity index (χ0n) is 13.1. The summed E-state index contributed by atoms with van der Waals surface area (Å²) in [7, 11) is 0. The van der Waals surface area contributed by atoms with Crippen molar-refractivity contribution in [2.75, 3.05) is 0 Å². The molecule has 0 unspecified atom stereocenters. The minimum absolute atomic E-state index is 0.0195. The Balaban J connectivity index is 2.26. The van der Waals surface area contributed by atoms with Crippen molar-refractivity contribution in [3.05, 3.63) is 93.8 Å². The van der Waals surface area contributed by atoms with E-state index in [2.05, 4.69) is 4.98 Å². The maximum Gasteiger partial charge on any atom is 0.259 e. The molecule has 0 saturated carbocycles. The Hall–Kier alpha value is -3.27. The Morgan fingerprint density at radius 3 is 2.00 bits per heavy atom. The molecule has 1 N–H and O–H groups in total. The lowest BCUT2D eigenvalue weighted by Crippen LogP contribution is -2.20. The Labute approximate surface area is 138 Å². The monoisotopic (exact) mass is 317 g/mol. The number of pyridine rings is 1. The van der Waals surface area contributed by atoms with Gasteiger partial charge in [-0.15, -0.1) is 0 Å². The third kappa shape index (κ3) is 2.94. The van der Waals surface area contributed by atoms with Crippen LogP contribution in [0, 0.1) is 0 Å². The van der Waals surface area contributed by atoms with E-state index in [1.165, 1.54) is 13.0 Å². The molecule has 1 heterocycles. The van der Waals surface area contributed by atoms with Gasteiger partial charge < -0.3 is 4.98 Å². The number of rotatable bonds is 4. The zero-order valence-corrected chi connectivity index (χ0v) is 13.1. The predicted molar refractivity (Wildman–Crippen MR) is 92.4 cm³/mol. The van der Waals surface area contributed by atoms with Gasteiger partial charge in [0.25, 0.3) is 5.56 Å². The number of carbonyl (C=O) groups is 2. The summed E-state index contributed by atoms with van der Waals surface area (Å²) in [6.07, 6.45) is 0. The number of ketones is 2. The molecule has 0 aliphatic heterocycles. The summed E-state index contributed by atoms with van der Waals surface area (Å²) in [6, 6.07) is 19.3. The maximum absolute atomic E-state index is 12.9. The van der Waals surface area contributed by atoms with E-state index in [0.29, 0.717) is 22.4 Å². The summed E-state index contributed by atoms with van der Waals surface area (Å²) in [6.45, 7) is 1.31. The quantitative estimate of drug-likeness (QED) is 0.749. The number of Topliss-reactive ketones (excluding diaryl/α,β-unsaturated/α-hetero) is 1. The Morgan fingerprint density at radius 1 is 0.833 bits per heavy atom. The van der Waals surface area contributed by atoms with E-state index < -0.39 is 5.56 Å². The van der Waals surface area contributed by atoms with Crippen molar-refractivity contribution in [1.82, 2.24) is 4.98 Å². The standard InChI is InChI=1S/C20H15NO3/c1-13(22)16-12-17(19(23)15-10-6-3-7-11-15)18(21-20(16)24)14-8-4-2-5-9-14/h2-12H,1H3,(H,21,24). The van der Waals surface area contributed by atoms with E-state index >= 15 is 0 Å². The first-order chi connectivity index (χ1) is 11.6. The van der Waals surface area contributed by atoms with Crippen LogP contribution >= 0.6 is 0 Å². The molecule has 1 aromatic heterocycles. The number of hydrogen-bond acceptors (Lipinski definition) is 3. The molecule has 24 heavy (non-hydrogen) atoms. The van der Waals surface area contributed by atoms with Gasteiger partial charge in [0.2, 0.25) is 0 Å². The largest absolute Gasteiger partial charge is 0.321 e. The summed E-state index contributed by atoms with van der Waals surface area (Å²) in [5.74, 6) is -0.619. The molecule has 0 saturated heterocycles. The molecular formula is C20H15NO3. The summed E-state index contributed by atoms with van der Waals surface area (Å²) in [5, 5.41) is 0. The van der Waals surface area contributed by atoms with Crippen LogP contribution in [-0.2, 0) is 0 Å². The van der Waals surface area contributed by atoms with Gasteiger partial charge in [-0.1, -0.05) is 60.7 Å². The van der Waals surface area contributed by atoms with Crippen LogP contribution in [0.25, 0.3) is 11.3 Å². The van der Waals surface area contributed by atoms with E-state index in [1.54, 1.807) is 36.4 Å². The molecule has 3 rings (SSSR count). The van der Waals surface area contributed by atoms with Crippen LogP contribution in [-0.4, -0.2) is 16.6 Å². The molecule has 118 valence electrons. The molecule has 4 nitrogen and oxygen atoms in total. The molecule has 3 aromatic rings. The second kappa shape index (κ2) is 6.46. The number of benzene rings is 2. The summed E-state index contributed by atoms with van der Waals surface area (Å²) >= 11 is 0. The molecule has 0 aliphatic rings. The molecule has 0 aliphatic carbocycles. The minimum Gasteiger partial charge on any atom is -0.321 e. The molecule has 0 radical (unpaired) electrons. The smallest absolute Gasteiger partial charge is 0.259 e. The molecule has 2 aromatic carbocycles. The maximum atomic E-state index is 12.9. The Kier molecular flexibility index (Phi) is 4.20. The fourth-order valence-electron chi connectivity index (χ4n) is 2.55. The van der Waals surface area contributed by atoms with Crippen molar-refractivity contribution in [2.24, 2.45) is 0 Å². The summed E-state index contributed by atoms with van der Waals surface area (Å²) in [4.78, 5) is 39.5. The van der Waals surface area contributed by atoms with Crippen molar-refractivity contribution in [1.29, 1.82) is 0 Å². The Morgan fingerprint density at radius 2 is 1.42 bits per heavy atom. The lowest BCUT2D eigenvalue weighted by molar-refractivity contribution is 0.101. The van der Waals surface area contributed by atoms with Crippen molar-refractivity contribution in [3.8, 4) is 11.3 Å². The van der Waals surface area contributed by atoms with Crippen molar-refractivity contribution < 1.29 is 9.59 Å². The number of nitrogens with one attached hydrogen (secondary N) is 1. The highest BCUT2D eigenvalue weighted by atomic mass is 16.1. The highest BCUT2D eigenvalue weighted by molar-refractivity contribution is 6.13. The fraction of sp³-hybridized carbons (Fsp3) is 0.0500. The number of aromatic nitrogens is 1. The minimum atomic E-state index is -0.494. The van der Waals surface area contributed by atoms with Crippen molar-refractivity contribution >= 4 is 11.6 Å². The highest BCUT2D eigenvalue weighted by Gasteiger charge is 2.19. The van der Waals surface area contributed by atoms with E-state index in [4.69, 9.17) is 0 Å². The topological polar surface area (TPSA) is 67.0 Å². The summed E-state index contributed by atoms with van der Waals surface area (Å²) in [5.41, 5.74) is 1.41. The van der Waals surface area contributed by atoms with Gasteiger partial charge in [-0.2, -0.15) is 0 Å². The molecule has 0 fully saturated rings. The molecule has 0 spiro atoms. The number of hydrogen-bond donors (Lipinski definition) is 1. The second-order valence-corrected chi connectivity index (χ2v) is 5.42. The SMILES string of the molecule is CC(=O)c1cc(C(=O)c2ccccc2)c(-c2ccccc2)[nH]c1=O. The number of H-pyrrole nitrogens is 1. The van der Waals surface area contributed by atoms with Crippen LogP contribution < -0.4 is 5.56 Å². The van der Waals surface area contributed by atoms with E-state index in [-0.39, 0.29) is 17.1 Å². The van der Waals surface area contributed by atoms with Crippen LogP contribution in [0.1, 0.15) is 33.2 Å². The predicted octanol–water partition coefficient (Wildman–Crippen LogP) is 3.48. The molecule has 0 amide bonds. The van der Waals surface area contributed by atoms with Gasteiger partial charge in [0.15, 0.2) is 11.6 Å². The van der Waals surface area contributed by atoms with E-state index in [9.17, 15) is 14.4 Å². The van der Waals surface area contributed by atoms with Gasteiger partial charge in [0.05, 0.1) is 11.3 Å².